The molecule has 7 nitrogen and oxygen atoms in total. The molecule has 2 atom stereocenters. The van der Waals surface area contributed by atoms with Gasteiger partial charge in [-0.15, -0.1) is 12.4 Å². The van der Waals surface area contributed by atoms with Crippen LogP contribution in [-0.2, 0) is 0 Å². The highest BCUT2D eigenvalue weighted by Gasteiger charge is 2.29. The van der Waals surface area contributed by atoms with Crippen LogP contribution in [0.15, 0.2) is 35.4 Å². The summed E-state index contributed by atoms with van der Waals surface area (Å²) in [7, 11) is 0. The molecule has 1 fully saturated rings. The van der Waals surface area contributed by atoms with E-state index in [4.69, 9.17) is 0 Å². The van der Waals surface area contributed by atoms with Crippen molar-refractivity contribution in [3.05, 3.63) is 63.8 Å². The number of anilines is 1. The van der Waals surface area contributed by atoms with Gasteiger partial charge >= 0.3 is 5.97 Å². The molecule has 170 valence electrons. The van der Waals surface area contributed by atoms with E-state index in [9.17, 15) is 19.1 Å². The van der Waals surface area contributed by atoms with E-state index in [-0.39, 0.29) is 41.5 Å². The van der Waals surface area contributed by atoms with Gasteiger partial charge in [-0.1, -0.05) is 0 Å². The number of carboxylic acid groups (broad SMARTS) is 1. The van der Waals surface area contributed by atoms with Crippen LogP contribution in [-0.4, -0.2) is 45.8 Å². The zero-order chi connectivity index (χ0) is 22.4. The molecule has 2 unspecified atom stereocenters. The SMILES string of the molecule is CC1CN(c2c(F)cc3c(=O)c(C(=O)O)cn(-c4ccc(F)cn4)c3c2F)CC(C)N1.Cl. The highest BCUT2D eigenvalue weighted by atomic mass is 35.5. The van der Waals surface area contributed by atoms with Crippen LogP contribution in [0, 0.1) is 17.5 Å². The van der Waals surface area contributed by atoms with Crippen molar-refractivity contribution in [2.45, 2.75) is 25.9 Å². The van der Waals surface area contributed by atoms with Crippen molar-refractivity contribution < 1.29 is 23.1 Å². The highest BCUT2D eigenvalue weighted by Crippen LogP contribution is 2.32. The van der Waals surface area contributed by atoms with Gasteiger partial charge in [-0.3, -0.25) is 9.36 Å². The maximum Gasteiger partial charge on any atom is 0.341 e. The summed E-state index contributed by atoms with van der Waals surface area (Å²) < 4.78 is 45.2. The number of carbonyl (C=O) groups is 1. The van der Waals surface area contributed by atoms with Crippen molar-refractivity contribution in [2.75, 3.05) is 18.0 Å². The van der Waals surface area contributed by atoms with E-state index in [0.29, 0.717) is 13.1 Å². The van der Waals surface area contributed by atoms with Crippen molar-refractivity contribution in [3.8, 4) is 5.82 Å². The predicted molar refractivity (Wildman–Crippen MR) is 116 cm³/mol. The largest absolute Gasteiger partial charge is 0.477 e. The third-order valence-electron chi connectivity index (χ3n) is 5.22. The van der Waals surface area contributed by atoms with Gasteiger partial charge in [0.2, 0.25) is 5.43 Å². The van der Waals surface area contributed by atoms with Crippen molar-refractivity contribution in [1.82, 2.24) is 14.9 Å². The van der Waals surface area contributed by atoms with Gasteiger partial charge < -0.3 is 15.3 Å². The molecular formula is C21H20ClF3N4O3. The average molecular weight is 469 g/mol. The number of pyridine rings is 2. The van der Waals surface area contributed by atoms with Gasteiger partial charge in [-0.25, -0.2) is 22.9 Å². The number of rotatable bonds is 3. The number of nitrogens with zero attached hydrogens (tertiary/aromatic N) is 3. The first kappa shape index (κ1) is 23.6. The minimum Gasteiger partial charge on any atom is -0.477 e. The van der Waals surface area contributed by atoms with Crippen LogP contribution >= 0.6 is 12.4 Å². The van der Waals surface area contributed by atoms with Crippen LogP contribution in [0.1, 0.15) is 24.2 Å². The summed E-state index contributed by atoms with van der Waals surface area (Å²) in [6.45, 7) is 4.43. The fourth-order valence-electron chi connectivity index (χ4n) is 4.05. The van der Waals surface area contributed by atoms with Crippen LogP contribution in [0.5, 0.6) is 0 Å². The molecule has 0 aliphatic carbocycles. The molecule has 1 aliphatic heterocycles. The van der Waals surface area contributed by atoms with E-state index in [1.54, 1.807) is 4.90 Å². The van der Waals surface area contributed by atoms with Crippen molar-refractivity contribution in [1.29, 1.82) is 0 Å². The fraction of sp³-hybridized carbons (Fsp3) is 0.286. The Bertz CT molecular complexity index is 1240. The summed E-state index contributed by atoms with van der Waals surface area (Å²) in [6, 6.07) is 3.05. The number of aromatic carboxylic acids is 1. The highest BCUT2D eigenvalue weighted by molar-refractivity contribution is 5.94. The first-order valence-corrected chi connectivity index (χ1v) is 9.61. The van der Waals surface area contributed by atoms with Crippen LogP contribution in [0.3, 0.4) is 0 Å². The van der Waals surface area contributed by atoms with Crippen molar-refractivity contribution in [2.24, 2.45) is 0 Å². The molecular weight excluding hydrogens is 449 g/mol. The number of hydrogen-bond acceptors (Lipinski definition) is 5. The fourth-order valence-corrected chi connectivity index (χ4v) is 4.05. The molecule has 0 saturated carbocycles. The number of halogens is 4. The maximum absolute atomic E-state index is 15.8. The monoisotopic (exact) mass is 468 g/mol. The molecule has 2 N–H and O–H groups in total. The molecule has 0 amide bonds. The molecule has 1 aliphatic rings. The third-order valence-corrected chi connectivity index (χ3v) is 5.22. The van der Waals surface area contributed by atoms with Crippen LogP contribution in [0.2, 0.25) is 0 Å². The van der Waals surface area contributed by atoms with E-state index in [1.165, 1.54) is 6.07 Å². The van der Waals surface area contributed by atoms with E-state index >= 15 is 8.78 Å². The van der Waals surface area contributed by atoms with Crippen LogP contribution in [0.4, 0.5) is 18.9 Å². The Morgan fingerprint density at radius 1 is 1.19 bits per heavy atom. The van der Waals surface area contributed by atoms with E-state index < -0.39 is 39.8 Å². The first-order valence-electron chi connectivity index (χ1n) is 9.61. The number of carboxylic acids is 1. The van der Waals surface area contributed by atoms with E-state index in [0.717, 1.165) is 29.1 Å². The Hall–Kier alpha value is -3.11. The molecule has 32 heavy (non-hydrogen) atoms. The van der Waals surface area contributed by atoms with Gasteiger partial charge in [-0.05, 0) is 32.0 Å². The molecule has 3 aromatic rings. The Morgan fingerprint density at radius 2 is 1.84 bits per heavy atom. The van der Waals surface area contributed by atoms with Gasteiger partial charge in [0.1, 0.15) is 28.7 Å². The van der Waals surface area contributed by atoms with Gasteiger partial charge in [0, 0.05) is 31.4 Å². The van der Waals surface area contributed by atoms with E-state index in [2.05, 4.69) is 10.3 Å². The smallest absolute Gasteiger partial charge is 0.341 e. The maximum atomic E-state index is 15.8. The number of aromatic nitrogens is 2. The molecule has 1 aromatic carbocycles. The number of nitrogens with one attached hydrogen (secondary N) is 1. The minimum atomic E-state index is -1.56. The predicted octanol–water partition coefficient (Wildman–Crippen LogP) is 3.11. The second-order valence-corrected chi connectivity index (χ2v) is 7.67. The molecule has 0 spiro atoms. The molecule has 11 heteroatoms. The molecule has 0 bridgehead atoms. The summed E-state index contributed by atoms with van der Waals surface area (Å²) in [5.41, 5.74) is -2.35. The van der Waals surface area contributed by atoms with Crippen LogP contribution < -0.4 is 15.6 Å². The molecule has 1 saturated heterocycles. The zero-order valence-corrected chi connectivity index (χ0v) is 17.9. The van der Waals surface area contributed by atoms with Gasteiger partial charge in [0.15, 0.2) is 5.82 Å². The lowest BCUT2D eigenvalue weighted by Crippen LogP contribution is -2.54. The Labute approximate surface area is 186 Å². The summed E-state index contributed by atoms with van der Waals surface area (Å²) in [4.78, 5) is 29.7. The summed E-state index contributed by atoms with van der Waals surface area (Å²) in [5.74, 6) is -4.21. The number of hydrogen-bond donors (Lipinski definition) is 2. The van der Waals surface area contributed by atoms with Gasteiger partial charge in [-0.2, -0.15) is 0 Å². The summed E-state index contributed by atoms with van der Waals surface area (Å²) >= 11 is 0. The molecule has 2 aromatic heterocycles. The third kappa shape index (κ3) is 4.03. The lowest BCUT2D eigenvalue weighted by molar-refractivity contribution is 0.0695. The molecule has 3 heterocycles. The van der Waals surface area contributed by atoms with E-state index in [1.807, 2.05) is 13.8 Å². The Morgan fingerprint density at radius 3 is 2.41 bits per heavy atom. The molecule has 4 rings (SSSR count). The molecule has 0 radical (unpaired) electrons. The lowest BCUT2D eigenvalue weighted by Gasteiger charge is -2.38. The second kappa shape index (κ2) is 8.79. The van der Waals surface area contributed by atoms with Crippen molar-refractivity contribution >= 4 is 35.0 Å². The zero-order valence-electron chi connectivity index (χ0n) is 17.1. The quantitative estimate of drug-likeness (QED) is 0.614. The number of piperazine rings is 1. The first-order chi connectivity index (χ1) is 14.7. The summed E-state index contributed by atoms with van der Waals surface area (Å²) in [5, 5.41) is 12.2. The summed E-state index contributed by atoms with van der Waals surface area (Å²) in [6.07, 6.45) is 1.79. The van der Waals surface area contributed by atoms with Gasteiger partial charge in [0.25, 0.3) is 0 Å². The lowest BCUT2D eigenvalue weighted by atomic mass is 10.1. The van der Waals surface area contributed by atoms with Crippen molar-refractivity contribution in [3.63, 3.8) is 0 Å². The normalized spacial score (nSPS) is 18.5. The Balaban J connectivity index is 0.00000289. The number of fused-ring (bicyclic) bond motifs is 1. The van der Waals surface area contributed by atoms with Gasteiger partial charge in [0.05, 0.1) is 17.1 Å². The minimum absolute atomic E-state index is 0. The standard InChI is InChI=1S/C21H19F3N4O3.ClH/c1-10-7-27(8-11(2)26-10)19-15(23)5-13-18(17(19)24)28(9-14(20(13)29)21(30)31)16-4-3-12(22)6-25-16;/h3-6,9-11,26H,7-8H2,1-2H3,(H,30,31);1H. The Kier molecular flexibility index (Phi) is 6.47. The topological polar surface area (TPSA) is 87.5 Å². The van der Waals surface area contributed by atoms with Crippen LogP contribution in [0.25, 0.3) is 16.7 Å². The average Bonchev–Trinajstić information content (AvgIpc) is 2.68. The second-order valence-electron chi connectivity index (χ2n) is 7.67. The number of benzene rings is 1.